The third kappa shape index (κ3) is 3.57. The van der Waals surface area contributed by atoms with Crippen LogP contribution in [0.3, 0.4) is 0 Å². The first-order valence-electron chi connectivity index (χ1n) is 8.51. The minimum Gasteiger partial charge on any atom is -0.293 e. The molecule has 7 nitrogen and oxygen atoms in total. The van der Waals surface area contributed by atoms with Crippen molar-refractivity contribution in [3.05, 3.63) is 54.6 Å². The predicted octanol–water partition coefficient (Wildman–Crippen LogP) is 3.08. The first-order valence-corrected chi connectivity index (χ1v) is 8.51. The number of carbonyl (C=O) groups excluding carboxylic acids is 4. The van der Waals surface area contributed by atoms with Crippen molar-refractivity contribution in [3.63, 3.8) is 0 Å². The van der Waals surface area contributed by atoms with E-state index < -0.39 is 17.8 Å². The molecule has 5 amide bonds. The maximum absolute atomic E-state index is 12.5. The van der Waals surface area contributed by atoms with Crippen LogP contribution in [0.2, 0.25) is 0 Å². The zero-order valence-electron chi connectivity index (χ0n) is 15.1. The van der Waals surface area contributed by atoms with Gasteiger partial charge in [-0.3, -0.25) is 24.2 Å². The summed E-state index contributed by atoms with van der Waals surface area (Å²) in [7, 11) is 0. The quantitative estimate of drug-likeness (QED) is 0.837. The summed E-state index contributed by atoms with van der Waals surface area (Å²) >= 11 is 0. The number of nitrogens with zero attached hydrogens (tertiary/aromatic N) is 3. The topological polar surface area (TPSA) is 78.0 Å². The molecule has 1 saturated heterocycles. The lowest BCUT2D eigenvalue weighted by molar-refractivity contribution is -0.140. The second-order valence-corrected chi connectivity index (χ2v) is 6.14. The molecule has 0 saturated carbocycles. The molecule has 0 aromatic heterocycles. The van der Waals surface area contributed by atoms with Gasteiger partial charge in [0.05, 0.1) is 0 Å². The van der Waals surface area contributed by atoms with Gasteiger partial charge in [-0.05, 0) is 36.4 Å². The van der Waals surface area contributed by atoms with Crippen LogP contribution in [0.25, 0.3) is 0 Å². The van der Waals surface area contributed by atoms with Crippen LogP contribution in [-0.2, 0) is 14.4 Å². The van der Waals surface area contributed by atoms with Gasteiger partial charge in [0.15, 0.2) is 0 Å². The van der Waals surface area contributed by atoms with Gasteiger partial charge in [-0.15, -0.1) is 0 Å². The van der Waals surface area contributed by atoms with Crippen molar-refractivity contribution in [2.24, 2.45) is 0 Å². The molecule has 0 N–H and O–H groups in total. The largest absolute Gasteiger partial charge is 0.338 e. The van der Waals surface area contributed by atoms with Gasteiger partial charge in [0.1, 0.15) is 0 Å². The van der Waals surface area contributed by atoms with Crippen molar-refractivity contribution >= 4 is 40.8 Å². The maximum atomic E-state index is 12.5. The van der Waals surface area contributed by atoms with E-state index in [4.69, 9.17) is 0 Å². The van der Waals surface area contributed by atoms with Gasteiger partial charge < -0.3 is 0 Å². The summed E-state index contributed by atoms with van der Waals surface area (Å²) in [5.74, 6) is -1.23. The van der Waals surface area contributed by atoms with E-state index in [0.717, 1.165) is 5.69 Å². The average Bonchev–Trinajstić information content (AvgIpc) is 2.63. The molecular formula is C20H19N3O4. The lowest BCUT2D eigenvalue weighted by atomic mass is 10.2. The van der Waals surface area contributed by atoms with Crippen molar-refractivity contribution < 1.29 is 19.2 Å². The summed E-state index contributed by atoms with van der Waals surface area (Å²) < 4.78 is 0. The predicted molar refractivity (Wildman–Crippen MR) is 101 cm³/mol. The van der Waals surface area contributed by atoms with Crippen LogP contribution in [0.4, 0.5) is 21.9 Å². The molecule has 2 aromatic carbocycles. The Morgan fingerprint density at radius 1 is 0.889 bits per heavy atom. The first-order chi connectivity index (χ1) is 12.9. The molecule has 138 valence electrons. The van der Waals surface area contributed by atoms with Crippen LogP contribution in [0.1, 0.15) is 20.3 Å². The molecule has 3 rings (SSSR count). The highest BCUT2D eigenvalue weighted by Gasteiger charge is 2.35. The Labute approximate surface area is 156 Å². The fourth-order valence-electron chi connectivity index (χ4n) is 3.06. The van der Waals surface area contributed by atoms with Crippen molar-refractivity contribution in [2.75, 3.05) is 16.3 Å². The molecule has 0 spiro atoms. The summed E-state index contributed by atoms with van der Waals surface area (Å²) in [5.41, 5.74) is 1.95. The molecule has 2 aromatic rings. The van der Waals surface area contributed by atoms with Gasteiger partial charge in [0, 0.05) is 43.9 Å². The zero-order valence-corrected chi connectivity index (χ0v) is 15.1. The van der Waals surface area contributed by atoms with E-state index >= 15 is 0 Å². The van der Waals surface area contributed by atoms with E-state index in [9.17, 15) is 19.2 Å². The van der Waals surface area contributed by atoms with Gasteiger partial charge in [-0.25, -0.2) is 9.69 Å². The zero-order chi connectivity index (χ0) is 19.6. The molecule has 27 heavy (non-hydrogen) atoms. The summed E-state index contributed by atoms with van der Waals surface area (Å²) in [4.78, 5) is 51.6. The Morgan fingerprint density at radius 3 is 2.04 bits per heavy atom. The molecule has 0 radical (unpaired) electrons. The van der Waals surface area contributed by atoms with E-state index in [2.05, 4.69) is 0 Å². The highest BCUT2D eigenvalue weighted by molar-refractivity contribution is 6.16. The highest BCUT2D eigenvalue weighted by atomic mass is 16.2. The van der Waals surface area contributed by atoms with Crippen LogP contribution < -0.4 is 9.80 Å². The maximum Gasteiger partial charge on any atom is 0.338 e. The number of benzene rings is 2. The van der Waals surface area contributed by atoms with Crippen molar-refractivity contribution in [3.8, 4) is 0 Å². The van der Waals surface area contributed by atoms with E-state index in [-0.39, 0.29) is 18.9 Å². The number of imide groups is 3. The number of hydrogen-bond acceptors (Lipinski definition) is 4. The lowest BCUT2D eigenvalue weighted by Crippen LogP contribution is -2.54. The molecular weight excluding hydrogens is 346 g/mol. The van der Waals surface area contributed by atoms with Gasteiger partial charge in [0.2, 0.25) is 17.7 Å². The third-order valence-corrected chi connectivity index (χ3v) is 4.28. The summed E-state index contributed by atoms with van der Waals surface area (Å²) in [6, 6.07) is 15.4. The Kier molecular flexibility index (Phi) is 5.03. The summed E-state index contributed by atoms with van der Waals surface area (Å²) in [5, 5.41) is 0. The van der Waals surface area contributed by atoms with Crippen molar-refractivity contribution in [1.82, 2.24) is 4.90 Å². The van der Waals surface area contributed by atoms with Crippen LogP contribution in [0, 0.1) is 0 Å². The van der Waals surface area contributed by atoms with E-state index in [0.29, 0.717) is 16.3 Å². The molecule has 0 bridgehead atoms. The standard InChI is InChI=1S/C20H19N3O4/c1-14(24)22(17-6-4-3-5-7-17)18-10-8-16(9-11-18)21-13-12-19(26)23(15(2)25)20(21)27/h3-11H,12-13H2,1-2H3. The van der Waals surface area contributed by atoms with Crippen LogP contribution in [0.5, 0.6) is 0 Å². The van der Waals surface area contributed by atoms with Gasteiger partial charge >= 0.3 is 6.03 Å². The number of hydrogen-bond donors (Lipinski definition) is 0. The van der Waals surface area contributed by atoms with E-state index in [1.54, 1.807) is 29.2 Å². The van der Waals surface area contributed by atoms with Gasteiger partial charge in [-0.1, -0.05) is 18.2 Å². The normalized spacial score (nSPS) is 14.3. The smallest absolute Gasteiger partial charge is 0.293 e. The summed E-state index contributed by atoms with van der Waals surface area (Å²) in [6.45, 7) is 2.87. The first kappa shape index (κ1) is 18.3. The van der Waals surface area contributed by atoms with E-state index in [1.807, 2.05) is 30.3 Å². The third-order valence-electron chi connectivity index (χ3n) is 4.28. The fraction of sp³-hybridized carbons (Fsp3) is 0.200. The minimum atomic E-state index is -0.655. The molecule has 7 heteroatoms. The van der Waals surface area contributed by atoms with Gasteiger partial charge in [-0.2, -0.15) is 0 Å². The number of amides is 5. The second kappa shape index (κ2) is 7.41. The SMILES string of the molecule is CC(=O)N1C(=O)CCN(c2ccc(N(C(C)=O)c3ccccc3)cc2)C1=O. The average molecular weight is 365 g/mol. The Balaban J connectivity index is 1.89. The molecule has 0 atom stereocenters. The molecule has 0 aliphatic carbocycles. The molecule has 1 aliphatic heterocycles. The van der Waals surface area contributed by atoms with Crippen molar-refractivity contribution in [2.45, 2.75) is 20.3 Å². The molecule has 1 aliphatic rings. The lowest BCUT2D eigenvalue weighted by Gasteiger charge is -2.32. The molecule has 0 unspecified atom stereocenters. The molecule has 1 fully saturated rings. The summed E-state index contributed by atoms with van der Waals surface area (Å²) in [6.07, 6.45) is 0.0800. The monoisotopic (exact) mass is 365 g/mol. The number of rotatable bonds is 3. The number of para-hydroxylation sites is 1. The van der Waals surface area contributed by atoms with Crippen LogP contribution in [-0.4, -0.2) is 35.2 Å². The number of urea groups is 1. The van der Waals surface area contributed by atoms with Crippen LogP contribution in [0.15, 0.2) is 54.6 Å². The Hall–Kier alpha value is -3.48. The number of anilines is 3. The number of carbonyl (C=O) groups is 4. The Bertz CT molecular complexity index is 893. The fourth-order valence-corrected chi connectivity index (χ4v) is 3.06. The van der Waals surface area contributed by atoms with Crippen LogP contribution >= 0.6 is 0 Å². The highest BCUT2D eigenvalue weighted by Crippen LogP contribution is 2.29. The van der Waals surface area contributed by atoms with Crippen molar-refractivity contribution in [1.29, 1.82) is 0 Å². The van der Waals surface area contributed by atoms with E-state index in [1.165, 1.54) is 18.7 Å². The molecule has 1 heterocycles. The minimum absolute atomic E-state index is 0.0800. The second-order valence-electron chi connectivity index (χ2n) is 6.14. The Morgan fingerprint density at radius 2 is 1.48 bits per heavy atom. The van der Waals surface area contributed by atoms with Gasteiger partial charge in [0.25, 0.3) is 0 Å².